The van der Waals surface area contributed by atoms with Crippen LogP contribution in [0.25, 0.3) is 16.7 Å². The van der Waals surface area contributed by atoms with Gasteiger partial charge >= 0.3 is 0 Å². The average Bonchev–Trinajstić information content (AvgIpc) is 3.19. The van der Waals surface area contributed by atoms with E-state index in [2.05, 4.69) is 52.1 Å². The first-order chi connectivity index (χ1) is 16.2. The zero-order valence-electron chi connectivity index (χ0n) is 19.7. The lowest BCUT2D eigenvalue weighted by Crippen LogP contribution is -2.35. The normalized spacial score (nSPS) is 15.6. The first-order valence-corrected chi connectivity index (χ1v) is 12.3. The minimum Gasteiger partial charge on any atom is -0.303 e. The highest BCUT2D eigenvalue weighted by Crippen LogP contribution is 2.22. The molecule has 0 bridgehead atoms. The van der Waals surface area contributed by atoms with Crippen LogP contribution >= 0.6 is 0 Å². The van der Waals surface area contributed by atoms with E-state index < -0.39 is 0 Å². The van der Waals surface area contributed by atoms with Crippen molar-refractivity contribution in [3.8, 4) is 0 Å². The maximum absolute atomic E-state index is 13.5. The number of rotatable bonds is 7. The fraction of sp³-hybridized carbons (Fsp3) is 0.444. The molecule has 1 aliphatic rings. The van der Waals surface area contributed by atoms with Gasteiger partial charge in [-0.05, 0) is 75.9 Å². The zero-order chi connectivity index (χ0) is 22.8. The van der Waals surface area contributed by atoms with Gasteiger partial charge in [-0.2, -0.15) is 0 Å². The second-order valence-electron chi connectivity index (χ2n) is 9.28. The van der Waals surface area contributed by atoms with Crippen LogP contribution in [0.3, 0.4) is 0 Å². The predicted octanol–water partition coefficient (Wildman–Crippen LogP) is 4.26. The van der Waals surface area contributed by atoms with Crippen LogP contribution in [0.15, 0.2) is 53.5 Å². The highest BCUT2D eigenvalue weighted by molar-refractivity contribution is 5.76. The van der Waals surface area contributed by atoms with E-state index >= 15 is 0 Å². The molecular formula is C27H33N5O. The Morgan fingerprint density at radius 2 is 1.82 bits per heavy atom. The maximum atomic E-state index is 13.5. The van der Waals surface area contributed by atoms with E-state index in [0.717, 1.165) is 61.1 Å². The van der Waals surface area contributed by atoms with Crippen LogP contribution in [-0.2, 0) is 19.4 Å². The van der Waals surface area contributed by atoms with Gasteiger partial charge in [-0.3, -0.25) is 9.20 Å². The van der Waals surface area contributed by atoms with Crippen molar-refractivity contribution in [1.82, 2.24) is 23.8 Å². The van der Waals surface area contributed by atoms with Gasteiger partial charge in [0, 0.05) is 19.2 Å². The molecule has 33 heavy (non-hydrogen) atoms. The first kappa shape index (κ1) is 21.8. The number of benzene rings is 1. The molecule has 0 radical (unpaired) electrons. The minimum atomic E-state index is 0.0433. The number of aryl methyl sites for hydroxylation is 3. The van der Waals surface area contributed by atoms with Crippen LogP contribution in [0.5, 0.6) is 0 Å². The third-order valence-electron chi connectivity index (χ3n) is 7.08. The van der Waals surface area contributed by atoms with Gasteiger partial charge in [-0.25, -0.2) is 9.97 Å². The molecule has 0 saturated carbocycles. The van der Waals surface area contributed by atoms with E-state index in [0.29, 0.717) is 12.1 Å². The topological polar surface area (TPSA) is 55.4 Å². The van der Waals surface area contributed by atoms with E-state index in [-0.39, 0.29) is 5.56 Å². The molecule has 4 heterocycles. The molecule has 6 nitrogen and oxygen atoms in total. The molecule has 5 rings (SSSR count). The van der Waals surface area contributed by atoms with Crippen LogP contribution in [0.2, 0.25) is 0 Å². The van der Waals surface area contributed by atoms with E-state index in [1.807, 2.05) is 28.0 Å². The fourth-order valence-electron chi connectivity index (χ4n) is 5.35. The Morgan fingerprint density at radius 3 is 2.58 bits per heavy atom. The molecule has 172 valence electrons. The van der Waals surface area contributed by atoms with Gasteiger partial charge in [0.05, 0.1) is 11.2 Å². The molecule has 1 fully saturated rings. The number of pyridine rings is 1. The van der Waals surface area contributed by atoms with Crippen molar-refractivity contribution >= 4 is 16.7 Å². The number of fused-ring (bicyclic) bond motifs is 3. The number of hydrogen-bond donors (Lipinski definition) is 0. The second-order valence-corrected chi connectivity index (χ2v) is 9.28. The van der Waals surface area contributed by atoms with Crippen molar-refractivity contribution in [2.75, 3.05) is 19.6 Å². The van der Waals surface area contributed by atoms with Gasteiger partial charge in [-0.15, -0.1) is 0 Å². The lowest BCUT2D eigenvalue weighted by molar-refractivity contribution is 0.180. The Bertz CT molecular complexity index is 1300. The number of hydrogen-bond acceptors (Lipinski definition) is 4. The number of piperidine rings is 1. The van der Waals surface area contributed by atoms with Crippen LogP contribution in [0.4, 0.5) is 0 Å². The number of imidazole rings is 1. The third-order valence-corrected chi connectivity index (χ3v) is 7.08. The van der Waals surface area contributed by atoms with Crippen LogP contribution in [0.1, 0.15) is 43.3 Å². The highest BCUT2D eigenvalue weighted by Gasteiger charge is 2.20. The lowest BCUT2D eigenvalue weighted by Gasteiger charge is -2.32. The summed E-state index contributed by atoms with van der Waals surface area (Å²) >= 11 is 0. The van der Waals surface area contributed by atoms with Crippen molar-refractivity contribution in [1.29, 1.82) is 0 Å². The van der Waals surface area contributed by atoms with Crippen LogP contribution in [0, 0.1) is 12.8 Å². The zero-order valence-corrected chi connectivity index (χ0v) is 19.7. The van der Waals surface area contributed by atoms with Crippen molar-refractivity contribution < 1.29 is 0 Å². The van der Waals surface area contributed by atoms with E-state index in [9.17, 15) is 4.79 Å². The van der Waals surface area contributed by atoms with Gasteiger partial charge in [0.25, 0.3) is 5.56 Å². The number of likely N-dealkylation sites (tertiary alicyclic amines) is 1. The Labute approximate surface area is 194 Å². The molecule has 0 amide bonds. The van der Waals surface area contributed by atoms with Crippen molar-refractivity contribution in [2.45, 2.75) is 52.5 Å². The summed E-state index contributed by atoms with van der Waals surface area (Å²) in [4.78, 5) is 25.3. The van der Waals surface area contributed by atoms with Gasteiger partial charge in [0.2, 0.25) is 0 Å². The van der Waals surface area contributed by atoms with Crippen LogP contribution < -0.4 is 5.56 Å². The summed E-state index contributed by atoms with van der Waals surface area (Å²) in [6, 6.07) is 14.8. The lowest BCUT2D eigenvalue weighted by atomic mass is 9.90. The Balaban J connectivity index is 1.27. The second kappa shape index (κ2) is 9.48. The van der Waals surface area contributed by atoms with Gasteiger partial charge in [0.15, 0.2) is 5.65 Å². The predicted molar refractivity (Wildman–Crippen MR) is 133 cm³/mol. The standard InChI is InChI=1S/C27H33N5O/c1-3-24-29-20(2)25-27(33)31(23-11-7-14-28-26(23)32(24)25)16-8-15-30-17-12-22(13-18-30)19-21-9-5-4-6-10-21/h4-7,9-11,14,22H,3,8,12-13,15-19H2,1-2H3. The summed E-state index contributed by atoms with van der Waals surface area (Å²) in [5.41, 5.74) is 4.67. The number of nitrogens with zero attached hydrogens (tertiary/aromatic N) is 5. The molecule has 0 N–H and O–H groups in total. The molecule has 0 atom stereocenters. The molecule has 3 aromatic heterocycles. The summed E-state index contributed by atoms with van der Waals surface area (Å²) in [5, 5.41) is 0. The molecule has 0 aliphatic carbocycles. The Hall–Kier alpha value is -2.99. The molecule has 0 spiro atoms. The maximum Gasteiger partial charge on any atom is 0.277 e. The van der Waals surface area contributed by atoms with Crippen LogP contribution in [-0.4, -0.2) is 43.5 Å². The van der Waals surface area contributed by atoms with E-state index in [1.165, 1.54) is 24.8 Å². The van der Waals surface area contributed by atoms with Crippen molar-refractivity contribution in [3.05, 3.63) is 76.1 Å². The van der Waals surface area contributed by atoms with Gasteiger partial charge in [-0.1, -0.05) is 37.3 Å². The fourth-order valence-corrected chi connectivity index (χ4v) is 5.35. The summed E-state index contributed by atoms with van der Waals surface area (Å²) in [6.45, 7) is 8.01. The van der Waals surface area contributed by atoms with E-state index in [1.54, 1.807) is 6.20 Å². The average molecular weight is 444 g/mol. The molecule has 4 aromatic rings. The monoisotopic (exact) mass is 443 g/mol. The third kappa shape index (κ3) is 4.32. The SMILES string of the molecule is CCc1nc(C)c2c(=O)n(CCCN3CCC(Cc4ccccc4)CC3)c3cccnc3n12. The smallest absolute Gasteiger partial charge is 0.277 e. The largest absolute Gasteiger partial charge is 0.303 e. The summed E-state index contributed by atoms with van der Waals surface area (Å²) in [6.07, 6.45) is 7.21. The Morgan fingerprint density at radius 1 is 1.03 bits per heavy atom. The quantitative estimate of drug-likeness (QED) is 0.428. The van der Waals surface area contributed by atoms with E-state index in [4.69, 9.17) is 0 Å². The summed E-state index contributed by atoms with van der Waals surface area (Å²) < 4.78 is 3.87. The molecule has 0 unspecified atom stereocenters. The summed E-state index contributed by atoms with van der Waals surface area (Å²) in [7, 11) is 0. The van der Waals surface area contributed by atoms with Crippen molar-refractivity contribution in [2.24, 2.45) is 5.92 Å². The van der Waals surface area contributed by atoms with Gasteiger partial charge < -0.3 is 9.47 Å². The first-order valence-electron chi connectivity index (χ1n) is 12.3. The van der Waals surface area contributed by atoms with Crippen molar-refractivity contribution in [3.63, 3.8) is 0 Å². The Kier molecular flexibility index (Phi) is 6.27. The molecular weight excluding hydrogens is 410 g/mol. The minimum absolute atomic E-state index is 0.0433. The molecule has 6 heteroatoms. The molecule has 1 aromatic carbocycles. The number of aromatic nitrogens is 4. The van der Waals surface area contributed by atoms with Gasteiger partial charge in [0.1, 0.15) is 11.3 Å². The molecule has 1 saturated heterocycles. The highest BCUT2D eigenvalue weighted by atomic mass is 16.1. The summed E-state index contributed by atoms with van der Waals surface area (Å²) in [5.74, 6) is 1.68. The molecule has 1 aliphatic heterocycles.